The van der Waals surface area contributed by atoms with E-state index in [1.165, 1.54) is 12.1 Å². The number of amides is 2. The van der Waals surface area contributed by atoms with Crippen LogP contribution in [0.4, 0.5) is 0 Å². The third-order valence-electron chi connectivity index (χ3n) is 4.80. The molecule has 0 spiro atoms. The molecule has 0 aromatic heterocycles. The second-order valence-electron chi connectivity index (χ2n) is 8.32. The minimum Gasteiger partial charge on any atom is -0.485 e. The largest absolute Gasteiger partial charge is 0.485 e. The lowest BCUT2D eigenvalue weighted by atomic mass is 9.87. The number of carbonyl (C=O) groups is 2. The fourth-order valence-electron chi connectivity index (χ4n) is 2.94. The second kappa shape index (κ2) is 9.58. The minimum absolute atomic E-state index is 0.00647. The Morgan fingerprint density at radius 1 is 1.00 bits per heavy atom. The molecule has 1 unspecified atom stereocenters. The van der Waals surface area contributed by atoms with E-state index in [-0.39, 0.29) is 29.9 Å². The van der Waals surface area contributed by atoms with Gasteiger partial charge in [-0.3, -0.25) is 20.4 Å². The predicted molar refractivity (Wildman–Crippen MR) is 118 cm³/mol. The molecule has 0 radical (unpaired) electrons. The van der Waals surface area contributed by atoms with Crippen molar-refractivity contribution in [1.82, 2.24) is 15.6 Å². The van der Waals surface area contributed by atoms with Crippen LogP contribution in [-0.2, 0) is 25.0 Å². The lowest BCUT2D eigenvalue weighted by molar-refractivity contribution is -0.135. The number of hydrogen-bond acceptors (Lipinski definition) is 6. The van der Waals surface area contributed by atoms with Crippen molar-refractivity contribution in [2.75, 3.05) is 13.2 Å². The van der Waals surface area contributed by atoms with Crippen molar-refractivity contribution in [2.45, 2.75) is 43.6 Å². The number of sulfonamides is 1. The number of para-hydroxylation sites is 2. The van der Waals surface area contributed by atoms with Crippen molar-refractivity contribution in [3.8, 4) is 11.5 Å². The standard InChI is InChI=1S/C22H27N3O6S/c1-22(2,3)15-8-10-16(11-9-15)32(28,29)23-13-12-20(26)24-25-21(27)19-14-30-17-6-4-5-7-18(17)31-19/h4-11,19,23H,12-14H2,1-3H3,(H,24,26)(H,25,27). The molecule has 1 atom stereocenters. The summed E-state index contributed by atoms with van der Waals surface area (Å²) in [6.45, 7) is 6.00. The van der Waals surface area contributed by atoms with Crippen molar-refractivity contribution in [3.63, 3.8) is 0 Å². The monoisotopic (exact) mass is 461 g/mol. The summed E-state index contributed by atoms with van der Waals surface area (Å²) in [7, 11) is -3.75. The molecule has 2 aromatic carbocycles. The van der Waals surface area contributed by atoms with E-state index < -0.39 is 27.9 Å². The summed E-state index contributed by atoms with van der Waals surface area (Å²) in [6.07, 6.45) is -1.08. The maximum Gasteiger partial charge on any atom is 0.283 e. The smallest absolute Gasteiger partial charge is 0.283 e. The molecule has 1 aliphatic rings. The van der Waals surface area contributed by atoms with Crippen LogP contribution < -0.4 is 25.0 Å². The molecule has 172 valence electrons. The summed E-state index contributed by atoms with van der Waals surface area (Å²) in [6, 6.07) is 13.6. The van der Waals surface area contributed by atoms with Crippen LogP contribution >= 0.6 is 0 Å². The van der Waals surface area contributed by atoms with Crippen LogP contribution in [0.1, 0.15) is 32.8 Å². The SMILES string of the molecule is CC(C)(C)c1ccc(S(=O)(=O)NCCC(=O)NNC(=O)C2COc3ccccc3O2)cc1. The van der Waals surface area contributed by atoms with Gasteiger partial charge in [-0.25, -0.2) is 13.1 Å². The number of hydrogen-bond donors (Lipinski definition) is 3. The van der Waals surface area contributed by atoms with Crippen LogP contribution in [0.15, 0.2) is 53.4 Å². The highest BCUT2D eigenvalue weighted by Gasteiger charge is 2.27. The first-order chi connectivity index (χ1) is 15.1. The van der Waals surface area contributed by atoms with Gasteiger partial charge in [-0.15, -0.1) is 0 Å². The highest BCUT2D eigenvalue weighted by Crippen LogP contribution is 2.30. The van der Waals surface area contributed by atoms with Gasteiger partial charge in [0.15, 0.2) is 11.5 Å². The normalized spacial score (nSPS) is 15.7. The van der Waals surface area contributed by atoms with Crippen LogP contribution in [0.2, 0.25) is 0 Å². The van der Waals surface area contributed by atoms with Crippen molar-refractivity contribution < 1.29 is 27.5 Å². The summed E-state index contributed by atoms with van der Waals surface area (Å²) >= 11 is 0. The third-order valence-corrected chi connectivity index (χ3v) is 6.28. The number of benzene rings is 2. The molecule has 1 heterocycles. The van der Waals surface area contributed by atoms with Gasteiger partial charge < -0.3 is 9.47 Å². The lowest BCUT2D eigenvalue weighted by Crippen LogP contribution is -2.51. The molecular formula is C22H27N3O6S. The quantitative estimate of drug-likeness (QED) is 0.562. The Kier molecular flexibility index (Phi) is 7.05. The first-order valence-electron chi connectivity index (χ1n) is 10.1. The van der Waals surface area contributed by atoms with Crippen LogP contribution in [0.3, 0.4) is 0 Å². The number of fused-ring (bicyclic) bond motifs is 1. The topological polar surface area (TPSA) is 123 Å². The molecule has 0 bridgehead atoms. The fourth-order valence-corrected chi connectivity index (χ4v) is 3.97. The van der Waals surface area contributed by atoms with Gasteiger partial charge in [-0.2, -0.15) is 0 Å². The fraction of sp³-hybridized carbons (Fsp3) is 0.364. The summed E-state index contributed by atoms with van der Waals surface area (Å²) in [5.74, 6) is -0.148. The summed E-state index contributed by atoms with van der Waals surface area (Å²) in [5, 5.41) is 0. The van der Waals surface area contributed by atoms with Gasteiger partial charge in [0.25, 0.3) is 5.91 Å². The van der Waals surface area contributed by atoms with Crippen LogP contribution in [0, 0.1) is 0 Å². The van der Waals surface area contributed by atoms with E-state index in [1.54, 1.807) is 36.4 Å². The molecule has 0 saturated heterocycles. The Bertz CT molecular complexity index is 1080. The van der Waals surface area contributed by atoms with Gasteiger partial charge in [-0.1, -0.05) is 45.0 Å². The number of hydrazine groups is 1. The van der Waals surface area contributed by atoms with E-state index in [2.05, 4.69) is 15.6 Å². The highest BCUT2D eigenvalue weighted by molar-refractivity contribution is 7.89. The average Bonchev–Trinajstić information content (AvgIpc) is 2.76. The van der Waals surface area contributed by atoms with E-state index in [9.17, 15) is 18.0 Å². The van der Waals surface area contributed by atoms with E-state index in [0.29, 0.717) is 11.5 Å². The molecule has 3 rings (SSSR count). The lowest BCUT2D eigenvalue weighted by Gasteiger charge is -2.25. The van der Waals surface area contributed by atoms with E-state index in [1.807, 2.05) is 20.8 Å². The van der Waals surface area contributed by atoms with Gasteiger partial charge in [0.1, 0.15) is 6.61 Å². The zero-order valence-corrected chi connectivity index (χ0v) is 19.0. The second-order valence-corrected chi connectivity index (χ2v) is 10.1. The molecule has 32 heavy (non-hydrogen) atoms. The zero-order valence-electron chi connectivity index (χ0n) is 18.2. The van der Waals surface area contributed by atoms with Crippen LogP contribution in [0.5, 0.6) is 11.5 Å². The minimum atomic E-state index is -3.75. The first-order valence-corrected chi connectivity index (χ1v) is 11.6. The highest BCUT2D eigenvalue weighted by atomic mass is 32.2. The van der Waals surface area contributed by atoms with E-state index in [0.717, 1.165) is 5.56 Å². The number of rotatable bonds is 6. The zero-order chi connectivity index (χ0) is 23.4. The predicted octanol–water partition coefficient (Wildman–Crippen LogP) is 1.64. The Labute approximate surface area is 187 Å². The van der Waals surface area contributed by atoms with E-state index >= 15 is 0 Å². The number of ether oxygens (including phenoxy) is 2. The van der Waals surface area contributed by atoms with Gasteiger partial charge in [-0.05, 0) is 35.2 Å². The molecule has 0 saturated carbocycles. The Balaban J connectivity index is 1.42. The molecule has 1 aliphatic heterocycles. The Morgan fingerprint density at radius 3 is 2.31 bits per heavy atom. The molecule has 2 aromatic rings. The van der Waals surface area contributed by atoms with Crippen molar-refractivity contribution in [1.29, 1.82) is 0 Å². The maximum absolute atomic E-state index is 12.4. The first kappa shape index (κ1) is 23.6. The van der Waals surface area contributed by atoms with Gasteiger partial charge in [0.05, 0.1) is 4.90 Å². The molecule has 0 fully saturated rings. The van der Waals surface area contributed by atoms with Crippen molar-refractivity contribution >= 4 is 21.8 Å². The molecule has 3 N–H and O–H groups in total. The molecule has 10 heteroatoms. The van der Waals surface area contributed by atoms with Gasteiger partial charge in [0, 0.05) is 13.0 Å². The van der Waals surface area contributed by atoms with Crippen LogP contribution in [0.25, 0.3) is 0 Å². The summed E-state index contributed by atoms with van der Waals surface area (Å²) in [5.41, 5.74) is 5.44. The Morgan fingerprint density at radius 2 is 1.66 bits per heavy atom. The number of nitrogens with one attached hydrogen (secondary N) is 3. The molecule has 0 aliphatic carbocycles. The maximum atomic E-state index is 12.4. The Hall–Kier alpha value is -3.11. The molecule has 9 nitrogen and oxygen atoms in total. The van der Waals surface area contributed by atoms with Crippen molar-refractivity contribution in [3.05, 3.63) is 54.1 Å². The van der Waals surface area contributed by atoms with Crippen LogP contribution in [-0.4, -0.2) is 39.5 Å². The average molecular weight is 462 g/mol. The molecule has 2 amide bonds. The van der Waals surface area contributed by atoms with Gasteiger partial charge >= 0.3 is 0 Å². The summed E-state index contributed by atoms with van der Waals surface area (Å²) in [4.78, 5) is 24.3. The number of carbonyl (C=O) groups excluding carboxylic acids is 2. The molecular weight excluding hydrogens is 434 g/mol. The third kappa shape index (κ3) is 5.98. The summed E-state index contributed by atoms with van der Waals surface area (Å²) < 4.78 is 38.2. The van der Waals surface area contributed by atoms with Crippen molar-refractivity contribution in [2.24, 2.45) is 0 Å². The van der Waals surface area contributed by atoms with E-state index in [4.69, 9.17) is 9.47 Å². The van der Waals surface area contributed by atoms with Gasteiger partial charge in [0.2, 0.25) is 22.0 Å².